The molecule has 1 heterocycles. The second-order valence-corrected chi connectivity index (χ2v) is 6.45. The van der Waals surface area contributed by atoms with E-state index in [2.05, 4.69) is 65.6 Å². The van der Waals surface area contributed by atoms with Crippen LogP contribution in [0.25, 0.3) is 43.7 Å². The van der Waals surface area contributed by atoms with Gasteiger partial charge in [0.2, 0.25) is 0 Å². The number of rotatable bonds is 1. The third-order valence-corrected chi connectivity index (χ3v) is 5.00. The van der Waals surface area contributed by atoms with Crippen molar-refractivity contribution < 1.29 is 0 Å². The van der Waals surface area contributed by atoms with Gasteiger partial charge in [-0.1, -0.05) is 72.3 Å². The fraction of sp³-hybridized carbons (Fsp3) is 0. The minimum Gasteiger partial charge on any atom is -0.354 e. The van der Waals surface area contributed by atoms with E-state index in [1.165, 1.54) is 32.6 Å². The number of H-pyrrole nitrogens is 1. The van der Waals surface area contributed by atoms with E-state index < -0.39 is 0 Å². The molecule has 0 spiro atoms. The fourth-order valence-electron chi connectivity index (χ4n) is 3.59. The van der Waals surface area contributed by atoms with Crippen molar-refractivity contribution in [2.75, 3.05) is 0 Å². The first-order chi connectivity index (χ1) is 11.8. The van der Waals surface area contributed by atoms with Crippen LogP contribution in [0.15, 0.2) is 78.9 Å². The highest BCUT2D eigenvalue weighted by molar-refractivity contribution is 6.34. The van der Waals surface area contributed by atoms with Gasteiger partial charge in [-0.05, 0) is 29.1 Å². The normalized spacial score (nSPS) is 11.5. The summed E-state index contributed by atoms with van der Waals surface area (Å²) in [4.78, 5) is 3.61. The highest BCUT2D eigenvalue weighted by atomic mass is 35.5. The summed E-state index contributed by atoms with van der Waals surface area (Å²) in [7, 11) is 0. The lowest BCUT2D eigenvalue weighted by Gasteiger charge is -2.10. The van der Waals surface area contributed by atoms with Crippen LogP contribution in [0.1, 0.15) is 0 Å². The lowest BCUT2D eigenvalue weighted by atomic mass is 9.95. The first kappa shape index (κ1) is 13.6. The number of aromatic amines is 1. The number of hydrogen-bond acceptors (Lipinski definition) is 0. The zero-order valence-electron chi connectivity index (χ0n) is 12.9. The summed E-state index contributed by atoms with van der Waals surface area (Å²) in [5.41, 5.74) is 4.56. The molecular weight excluding hydrogens is 314 g/mol. The Kier molecular flexibility index (Phi) is 2.91. The van der Waals surface area contributed by atoms with Crippen LogP contribution in [0.2, 0.25) is 5.02 Å². The number of aromatic nitrogens is 1. The molecule has 0 fully saturated rings. The molecule has 0 aliphatic carbocycles. The van der Waals surface area contributed by atoms with Crippen LogP contribution in [0.3, 0.4) is 0 Å². The highest BCUT2D eigenvalue weighted by Gasteiger charge is 2.15. The fourth-order valence-corrected chi connectivity index (χ4v) is 3.83. The first-order valence-corrected chi connectivity index (χ1v) is 8.38. The van der Waals surface area contributed by atoms with Gasteiger partial charge in [0.15, 0.2) is 0 Å². The van der Waals surface area contributed by atoms with Crippen LogP contribution in [0.4, 0.5) is 0 Å². The molecule has 1 aromatic heterocycles. The predicted octanol–water partition coefficient (Wildman–Crippen LogP) is 6.79. The predicted molar refractivity (Wildman–Crippen MR) is 104 cm³/mol. The molecule has 0 amide bonds. The first-order valence-electron chi connectivity index (χ1n) is 8.00. The van der Waals surface area contributed by atoms with Crippen LogP contribution in [-0.4, -0.2) is 4.98 Å². The van der Waals surface area contributed by atoms with Gasteiger partial charge in [0.25, 0.3) is 0 Å². The van der Waals surface area contributed by atoms with E-state index in [9.17, 15) is 0 Å². The smallest absolute Gasteiger partial charge is 0.0550 e. The summed E-state index contributed by atoms with van der Waals surface area (Å²) in [6, 6.07) is 27.2. The number of nitrogens with one attached hydrogen (secondary N) is 1. The van der Waals surface area contributed by atoms with Crippen LogP contribution in [0, 0.1) is 0 Å². The van der Waals surface area contributed by atoms with Crippen molar-refractivity contribution in [3.63, 3.8) is 0 Å². The van der Waals surface area contributed by atoms with Gasteiger partial charge >= 0.3 is 0 Å². The standard InChI is InChI=1S/C22H14ClN/c23-19-11-5-3-9-16(19)18-13-14-7-1-2-8-15(14)22-21(18)17-10-4-6-12-20(17)24-22/h1-13,24H. The second-order valence-electron chi connectivity index (χ2n) is 6.05. The molecule has 0 aliphatic heterocycles. The van der Waals surface area contributed by atoms with Gasteiger partial charge in [-0.3, -0.25) is 0 Å². The molecule has 0 saturated heterocycles. The molecule has 1 N–H and O–H groups in total. The molecule has 0 unspecified atom stereocenters. The van der Waals surface area contributed by atoms with Crippen molar-refractivity contribution in [1.29, 1.82) is 0 Å². The van der Waals surface area contributed by atoms with E-state index in [1.807, 2.05) is 18.2 Å². The average molecular weight is 328 g/mol. The zero-order valence-corrected chi connectivity index (χ0v) is 13.6. The Balaban J connectivity index is 2.06. The van der Waals surface area contributed by atoms with E-state index in [1.54, 1.807) is 0 Å². The molecule has 2 heteroatoms. The summed E-state index contributed by atoms with van der Waals surface area (Å²) in [5.74, 6) is 0. The SMILES string of the molecule is Clc1ccccc1-c1cc2ccccc2c2[nH]c3ccccc3c12. The third-order valence-electron chi connectivity index (χ3n) is 4.67. The van der Waals surface area contributed by atoms with Crippen LogP contribution in [-0.2, 0) is 0 Å². The van der Waals surface area contributed by atoms with Crippen molar-refractivity contribution in [3.05, 3.63) is 83.9 Å². The Morgan fingerprint density at radius 3 is 2.25 bits per heavy atom. The monoisotopic (exact) mass is 327 g/mol. The highest BCUT2D eigenvalue weighted by Crippen LogP contribution is 2.41. The second kappa shape index (κ2) is 5.12. The van der Waals surface area contributed by atoms with Gasteiger partial charge in [-0.2, -0.15) is 0 Å². The van der Waals surface area contributed by atoms with Gasteiger partial charge in [0.1, 0.15) is 0 Å². The maximum absolute atomic E-state index is 6.52. The van der Waals surface area contributed by atoms with Crippen molar-refractivity contribution >= 4 is 44.2 Å². The molecule has 4 aromatic carbocycles. The molecule has 0 saturated carbocycles. The molecule has 0 aliphatic rings. The molecule has 24 heavy (non-hydrogen) atoms. The largest absolute Gasteiger partial charge is 0.354 e. The molecule has 5 rings (SSSR count). The van der Waals surface area contributed by atoms with Crippen molar-refractivity contribution in [1.82, 2.24) is 4.98 Å². The number of para-hydroxylation sites is 1. The average Bonchev–Trinajstić information content (AvgIpc) is 3.01. The molecule has 5 aromatic rings. The molecule has 0 radical (unpaired) electrons. The maximum atomic E-state index is 6.52. The minimum atomic E-state index is 0.777. The number of benzene rings is 4. The Labute approximate surface area is 144 Å². The van der Waals surface area contributed by atoms with Crippen molar-refractivity contribution in [2.24, 2.45) is 0 Å². The van der Waals surface area contributed by atoms with Gasteiger partial charge in [-0.15, -0.1) is 0 Å². The lowest BCUT2D eigenvalue weighted by molar-refractivity contribution is 1.56. The molecule has 0 atom stereocenters. The number of halogens is 1. The molecule has 0 bridgehead atoms. The van der Waals surface area contributed by atoms with Crippen LogP contribution >= 0.6 is 11.6 Å². The van der Waals surface area contributed by atoms with Crippen molar-refractivity contribution in [2.45, 2.75) is 0 Å². The number of fused-ring (bicyclic) bond motifs is 5. The Morgan fingerprint density at radius 1 is 0.667 bits per heavy atom. The van der Waals surface area contributed by atoms with Gasteiger partial charge < -0.3 is 4.98 Å². The van der Waals surface area contributed by atoms with Crippen molar-refractivity contribution in [3.8, 4) is 11.1 Å². The zero-order chi connectivity index (χ0) is 16.1. The molecule has 1 nitrogen and oxygen atoms in total. The van der Waals surface area contributed by atoms with E-state index in [0.717, 1.165) is 16.1 Å². The Morgan fingerprint density at radius 2 is 1.38 bits per heavy atom. The molecular formula is C22H14ClN. The summed E-state index contributed by atoms with van der Waals surface area (Å²) in [5, 5.41) is 5.69. The van der Waals surface area contributed by atoms with E-state index in [4.69, 9.17) is 11.6 Å². The quantitative estimate of drug-likeness (QED) is 0.348. The summed E-state index contributed by atoms with van der Waals surface area (Å²) in [6.45, 7) is 0. The Hall–Kier alpha value is -2.77. The van der Waals surface area contributed by atoms with E-state index in [-0.39, 0.29) is 0 Å². The minimum absolute atomic E-state index is 0.777. The number of hydrogen-bond donors (Lipinski definition) is 1. The maximum Gasteiger partial charge on any atom is 0.0550 e. The van der Waals surface area contributed by atoms with E-state index in [0.29, 0.717) is 0 Å². The van der Waals surface area contributed by atoms with E-state index >= 15 is 0 Å². The van der Waals surface area contributed by atoms with Gasteiger partial charge in [0, 0.05) is 32.3 Å². The van der Waals surface area contributed by atoms with Crippen LogP contribution < -0.4 is 0 Å². The summed E-state index contributed by atoms with van der Waals surface area (Å²) < 4.78 is 0. The third kappa shape index (κ3) is 1.88. The molecule has 114 valence electrons. The lowest BCUT2D eigenvalue weighted by Crippen LogP contribution is -1.84. The summed E-state index contributed by atoms with van der Waals surface area (Å²) in [6.07, 6.45) is 0. The van der Waals surface area contributed by atoms with Crippen LogP contribution in [0.5, 0.6) is 0 Å². The van der Waals surface area contributed by atoms with Gasteiger partial charge in [-0.25, -0.2) is 0 Å². The Bertz CT molecular complexity index is 1220. The van der Waals surface area contributed by atoms with Gasteiger partial charge in [0.05, 0.1) is 5.52 Å². The summed E-state index contributed by atoms with van der Waals surface area (Å²) >= 11 is 6.52. The topological polar surface area (TPSA) is 15.8 Å².